The first-order chi connectivity index (χ1) is 24.4. The van der Waals surface area contributed by atoms with Gasteiger partial charge in [-0.05, 0) is 66.4 Å². The Bertz CT molecular complexity index is 1780. The van der Waals surface area contributed by atoms with Crippen molar-refractivity contribution in [3.05, 3.63) is 125 Å². The van der Waals surface area contributed by atoms with Crippen molar-refractivity contribution in [2.24, 2.45) is 0 Å². The van der Waals surface area contributed by atoms with Crippen molar-refractivity contribution in [3.63, 3.8) is 0 Å². The van der Waals surface area contributed by atoms with E-state index in [1.54, 1.807) is 92.7 Å². The molecule has 10 nitrogen and oxygen atoms in total. The van der Waals surface area contributed by atoms with Crippen LogP contribution in [0.4, 0.5) is 18.9 Å². The molecule has 0 fully saturated rings. The Morgan fingerprint density at radius 2 is 1.24 bits per heavy atom. The lowest BCUT2D eigenvalue weighted by Crippen LogP contribution is -2.59. The Morgan fingerprint density at radius 1 is 0.686 bits per heavy atom. The highest BCUT2D eigenvalue weighted by molar-refractivity contribution is 6.11. The van der Waals surface area contributed by atoms with Crippen molar-refractivity contribution < 1.29 is 46.8 Å². The largest absolute Gasteiger partial charge is 0.463 e. The van der Waals surface area contributed by atoms with Crippen molar-refractivity contribution in [3.8, 4) is 11.1 Å². The van der Waals surface area contributed by atoms with Gasteiger partial charge in [0.15, 0.2) is 5.41 Å². The number of ether oxygens (including phenoxy) is 1. The van der Waals surface area contributed by atoms with E-state index < -0.39 is 47.5 Å². The molecule has 0 heterocycles. The quantitative estimate of drug-likeness (QED) is 0.0909. The highest BCUT2D eigenvalue weighted by Crippen LogP contribution is 2.33. The maximum Gasteiger partial charge on any atom is 0.416 e. The molecule has 0 radical (unpaired) electrons. The van der Waals surface area contributed by atoms with E-state index in [1.807, 2.05) is 0 Å². The van der Waals surface area contributed by atoms with Gasteiger partial charge in [0.1, 0.15) is 6.61 Å². The molecule has 51 heavy (non-hydrogen) atoms. The van der Waals surface area contributed by atoms with Crippen LogP contribution in [0.1, 0.15) is 40.9 Å². The number of rotatable bonds is 14. The molecule has 0 bridgehead atoms. The van der Waals surface area contributed by atoms with Crippen molar-refractivity contribution in [2.75, 3.05) is 39.2 Å². The van der Waals surface area contributed by atoms with Gasteiger partial charge in [0, 0.05) is 24.3 Å². The van der Waals surface area contributed by atoms with Crippen molar-refractivity contribution in [1.82, 2.24) is 10.1 Å². The van der Waals surface area contributed by atoms with Crippen LogP contribution in [-0.4, -0.2) is 67.7 Å². The van der Waals surface area contributed by atoms with Gasteiger partial charge >= 0.3 is 12.1 Å². The van der Waals surface area contributed by atoms with Crippen LogP contribution >= 0.6 is 0 Å². The molecule has 0 aromatic heterocycles. The molecule has 0 aliphatic carbocycles. The fourth-order valence-corrected chi connectivity index (χ4v) is 5.49. The second-order valence-corrected chi connectivity index (χ2v) is 11.2. The summed E-state index contributed by atoms with van der Waals surface area (Å²) in [6.45, 7) is 2.92. The summed E-state index contributed by atoms with van der Waals surface area (Å²) in [5, 5.41) is 4.79. The summed E-state index contributed by atoms with van der Waals surface area (Å²) in [5.41, 5.74) is -0.483. The second kappa shape index (κ2) is 16.9. The van der Waals surface area contributed by atoms with Gasteiger partial charge in [-0.3, -0.25) is 28.9 Å². The zero-order valence-electron chi connectivity index (χ0n) is 28.5. The van der Waals surface area contributed by atoms with Gasteiger partial charge in [-0.1, -0.05) is 72.8 Å². The molecule has 0 atom stereocenters. The Morgan fingerprint density at radius 3 is 1.76 bits per heavy atom. The zero-order chi connectivity index (χ0) is 37.2. The van der Waals surface area contributed by atoms with E-state index in [-0.39, 0.29) is 30.6 Å². The number of esters is 1. The van der Waals surface area contributed by atoms with E-state index in [2.05, 4.69) is 5.32 Å². The lowest BCUT2D eigenvalue weighted by atomic mass is 9.78. The Balaban J connectivity index is 1.50. The standard InChI is InChI=1S/C38H38F3N3O7/c1-5-43(49-3)35(47)37(28-12-8-7-9-13-28,36(48)44(6-2)50-4)25-51-33(45)24-26-16-22-30(23-17-26)42-34(46)32-15-11-10-14-31(32)27-18-20-29(21-19-27)38(39,40)41/h7-23H,5-6,24-25H2,1-4H3,(H,42,46). The predicted molar refractivity (Wildman–Crippen MR) is 183 cm³/mol. The molecule has 0 aliphatic rings. The number of hydrogen-bond acceptors (Lipinski definition) is 7. The Labute approximate surface area is 293 Å². The van der Waals surface area contributed by atoms with Crippen LogP contribution in [0, 0.1) is 0 Å². The minimum atomic E-state index is -4.48. The summed E-state index contributed by atoms with van der Waals surface area (Å²) >= 11 is 0. The smallest absolute Gasteiger partial charge is 0.416 e. The fraction of sp³-hybridized carbons (Fsp3) is 0.263. The van der Waals surface area contributed by atoms with Gasteiger partial charge in [0.2, 0.25) is 0 Å². The molecule has 4 aromatic carbocycles. The zero-order valence-corrected chi connectivity index (χ0v) is 28.5. The van der Waals surface area contributed by atoms with E-state index in [1.165, 1.54) is 26.4 Å². The second-order valence-electron chi connectivity index (χ2n) is 11.2. The van der Waals surface area contributed by atoms with Crippen molar-refractivity contribution in [1.29, 1.82) is 0 Å². The first kappa shape index (κ1) is 38.3. The number of anilines is 1. The van der Waals surface area contributed by atoms with Gasteiger partial charge in [-0.25, -0.2) is 10.1 Å². The number of nitrogens with zero attached hydrogens (tertiary/aromatic N) is 2. The molecule has 268 valence electrons. The van der Waals surface area contributed by atoms with E-state index in [0.717, 1.165) is 22.3 Å². The van der Waals surface area contributed by atoms with Gasteiger partial charge in [-0.15, -0.1) is 0 Å². The van der Waals surface area contributed by atoms with Crippen LogP contribution in [0.5, 0.6) is 0 Å². The van der Waals surface area contributed by atoms with Crippen LogP contribution in [0.25, 0.3) is 11.1 Å². The predicted octanol–water partition coefficient (Wildman–Crippen LogP) is 6.47. The third-order valence-corrected chi connectivity index (χ3v) is 8.17. The van der Waals surface area contributed by atoms with Crippen LogP contribution in [0.15, 0.2) is 103 Å². The highest BCUT2D eigenvalue weighted by Gasteiger charge is 2.53. The molecule has 4 aromatic rings. The Kier molecular flexibility index (Phi) is 12.7. The average molecular weight is 706 g/mol. The van der Waals surface area contributed by atoms with Gasteiger partial charge in [0.25, 0.3) is 17.7 Å². The first-order valence-corrected chi connectivity index (χ1v) is 16.0. The number of carbonyl (C=O) groups excluding carboxylic acids is 4. The van der Waals surface area contributed by atoms with Crippen LogP contribution in [-0.2, 0) is 46.8 Å². The lowest BCUT2D eigenvalue weighted by molar-refractivity contribution is -0.200. The molecule has 0 aliphatic heterocycles. The number of benzene rings is 4. The molecule has 1 N–H and O–H groups in total. The summed E-state index contributed by atoms with van der Waals surface area (Å²) < 4.78 is 44.8. The summed E-state index contributed by atoms with van der Waals surface area (Å²) in [6, 6.07) is 25.7. The normalized spacial score (nSPS) is 11.4. The van der Waals surface area contributed by atoms with E-state index in [0.29, 0.717) is 22.4 Å². The van der Waals surface area contributed by atoms with Crippen molar-refractivity contribution >= 4 is 29.4 Å². The van der Waals surface area contributed by atoms with Gasteiger partial charge in [0.05, 0.1) is 26.2 Å². The summed E-state index contributed by atoms with van der Waals surface area (Å²) in [5.74, 6) is -2.70. The van der Waals surface area contributed by atoms with Crippen molar-refractivity contribution in [2.45, 2.75) is 31.9 Å². The number of likely N-dealkylation sites (N-methyl/N-ethyl adjacent to an activating group) is 2. The molecule has 0 spiro atoms. The fourth-order valence-electron chi connectivity index (χ4n) is 5.49. The SMILES string of the molecule is CCN(OC)C(=O)C(COC(=O)Cc1ccc(NC(=O)c2ccccc2-c2ccc(C(F)(F)F)cc2)cc1)(C(=O)N(CC)OC)c1ccccc1. The molecule has 13 heteroatoms. The first-order valence-electron chi connectivity index (χ1n) is 16.0. The van der Waals surface area contributed by atoms with E-state index in [4.69, 9.17) is 14.4 Å². The molecular formula is C38H38F3N3O7. The lowest BCUT2D eigenvalue weighted by Gasteiger charge is -2.37. The number of hydroxylamine groups is 4. The topological polar surface area (TPSA) is 114 Å². The number of carbonyl (C=O) groups is 4. The minimum absolute atomic E-state index is 0.105. The van der Waals surface area contributed by atoms with Gasteiger partial charge in [-0.2, -0.15) is 13.2 Å². The van der Waals surface area contributed by atoms with Crippen LogP contribution < -0.4 is 5.32 Å². The number of amides is 3. The maximum atomic E-state index is 14.0. The molecular weight excluding hydrogens is 667 g/mol. The third-order valence-electron chi connectivity index (χ3n) is 8.17. The molecule has 0 saturated heterocycles. The average Bonchev–Trinajstić information content (AvgIpc) is 3.14. The Hall–Kier alpha value is -5.53. The molecule has 0 unspecified atom stereocenters. The number of halogens is 3. The summed E-state index contributed by atoms with van der Waals surface area (Å²) in [6.07, 6.45) is -4.70. The summed E-state index contributed by atoms with van der Waals surface area (Å²) in [7, 11) is 2.59. The van der Waals surface area contributed by atoms with E-state index >= 15 is 0 Å². The number of hydrogen-bond donors (Lipinski definition) is 1. The molecule has 4 rings (SSSR count). The minimum Gasteiger partial charge on any atom is -0.463 e. The maximum absolute atomic E-state index is 14.0. The molecule has 3 amide bonds. The van der Waals surface area contributed by atoms with E-state index in [9.17, 15) is 32.3 Å². The summed E-state index contributed by atoms with van der Waals surface area (Å²) in [4.78, 5) is 64.9. The third kappa shape index (κ3) is 8.80. The van der Waals surface area contributed by atoms with Crippen LogP contribution in [0.2, 0.25) is 0 Å². The number of nitrogens with one attached hydrogen (secondary N) is 1. The molecule has 0 saturated carbocycles. The number of alkyl halides is 3. The van der Waals surface area contributed by atoms with Crippen LogP contribution in [0.3, 0.4) is 0 Å². The monoisotopic (exact) mass is 705 g/mol. The van der Waals surface area contributed by atoms with Gasteiger partial charge < -0.3 is 10.1 Å². The highest BCUT2D eigenvalue weighted by atomic mass is 19.4.